The number of hydrogen-bond donors (Lipinski definition) is 2. The van der Waals surface area contributed by atoms with Crippen molar-refractivity contribution < 1.29 is 14.7 Å². The molecule has 1 aromatic rings. The third-order valence-electron chi connectivity index (χ3n) is 3.87. The molecule has 2 N–H and O–H groups in total. The quantitative estimate of drug-likeness (QED) is 0.787. The lowest BCUT2D eigenvalue weighted by Gasteiger charge is -2.28. The molecular formula is C15H21N3O3. The molecule has 0 bridgehead atoms. The lowest BCUT2D eigenvalue weighted by molar-refractivity contribution is 0.0689. The number of amides is 1. The fraction of sp³-hybridized carbons (Fsp3) is 0.533. The molecule has 0 atom stereocenters. The van der Waals surface area contributed by atoms with Gasteiger partial charge in [-0.2, -0.15) is 5.10 Å². The second-order valence-electron chi connectivity index (χ2n) is 5.47. The first-order valence-electron chi connectivity index (χ1n) is 7.30. The Labute approximate surface area is 123 Å². The molecule has 1 fully saturated rings. The van der Waals surface area contributed by atoms with Crippen molar-refractivity contribution in [2.45, 2.75) is 32.1 Å². The van der Waals surface area contributed by atoms with Gasteiger partial charge in [-0.15, -0.1) is 6.58 Å². The smallest absolute Gasteiger partial charge is 0.353 e. The molecule has 21 heavy (non-hydrogen) atoms. The van der Waals surface area contributed by atoms with Crippen LogP contribution in [-0.4, -0.2) is 45.2 Å². The van der Waals surface area contributed by atoms with E-state index in [0.29, 0.717) is 19.0 Å². The van der Waals surface area contributed by atoms with E-state index in [9.17, 15) is 9.59 Å². The van der Waals surface area contributed by atoms with Crippen molar-refractivity contribution in [3.63, 3.8) is 0 Å². The predicted molar refractivity (Wildman–Crippen MR) is 78.2 cm³/mol. The number of aromatic amines is 1. The summed E-state index contributed by atoms with van der Waals surface area (Å²) in [5.74, 6) is -0.853. The summed E-state index contributed by atoms with van der Waals surface area (Å²) in [5, 5.41) is 15.0. The van der Waals surface area contributed by atoms with Gasteiger partial charge in [0, 0.05) is 19.2 Å². The first-order valence-corrected chi connectivity index (χ1v) is 7.30. The molecular weight excluding hydrogens is 270 g/mol. The molecule has 0 spiro atoms. The molecule has 1 saturated carbocycles. The van der Waals surface area contributed by atoms with Crippen LogP contribution in [0.1, 0.15) is 53.1 Å². The van der Waals surface area contributed by atoms with Gasteiger partial charge in [-0.3, -0.25) is 9.89 Å². The molecule has 1 heterocycles. The van der Waals surface area contributed by atoms with Crippen LogP contribution in [-0.2, 0) is 0 Å². The number of carboxylic acids is 1. The van der Waals surface area contributed by atoms with Gasteiger partial charge in [-0.1, -0.05) is 25.3 Å². The van der Waals surface area contributed by atoms with E-state index >= 15 is 0 Å². The second kappa shape index (κ2) is 7.06. The highest BCUT2D eigenvalue weighted by Gasteiger charge is 2.23. The lowest BCUT2D eigenvalue weighted by Crippen LogP contribution is -2.36. The van der Waals surface area contributed by atoms with Gasteiger partial charge in [0.15, 0.2) is 5.69 Å². The van der Waals surface area contributed by atoms with Gasteiger partial charge in [0.2, 0.25) is 0 Å². The highest BCUT2D eigenvalue weighted by Crippen LogP contribution is 2.24. The Balaban J connectivity index is 2.06. The number of carboxylic acid groups (broad SMARTS) is 1. The SMILES string of the molecule is C=CCN(CC1CCCCC1)C(=O)c1cc(C(=O)O)[nH]n1. The van der Waals surface area contributed by atoms with Gasteiger partial charge in [0.25, 0.3) is 5.91 Å². The molecule has 0 aromatic carbocycles. The van der Waals surface area contributed by atoms with Crippen molar-refractivity contribution in [3.05, 3.63) is 30.1 Å². The van der Waals surface area contributed by atoms with E-state index in [1.54, 1.807) is 11.0 Å². The Kier molecular flexibility index (Phi) is 5.14. The van der Waals surface area contributed by atoms with Crippen molar-refractivity contribution >= 4 is 11.9 Å². The average Bonchev–Trinajstić information content (AvgIpc) is 2.97. The topological polar surface area (TPSA) is 86.3 Å². The monoisotopic (exact) mass is 291 g/mol. The number of carbonyl (C=O) groups excluding carboxylic acids is 1. The molecule has 0 aliphatic heterocycles. The van der Waals surface area contributed by atoms with Crippen LogP contribution in [0.25, 0.3) is 0 Å². The van der Waals surface area contributed by atoms with Gasteiger partial charge in [0.05, 0.1) is 0 Å². The first kappa shape index (κ1) is 15.3. The minimum atomic E-state index is -1.12. The number of nitrogens with zero attached hydrogens (tertiary/aromatic N) is 2. The zero-order valence-electron chi connectivity index (χ0n) is 12.0. The van der Waals surface area contributed by atoms with E-state index in [1.165, 1.54) is 25.3 Å². The summed E-state index contributed by atoms with van der Waals surface area (Å²) in [6.07, 6.45) is 7.67. The van der Waals surface area contributed by atoms with Gasteiger partial charge in [-0.05, 0) is 18.8 Å². The largest absolute Gasteiger partial charge is 0.477 e. The average molecular weight is 291 g/mol. The van der Waals surface area contributed by atoms with Crippen LogP contribution < -0.4 is 0 Å². The van der Waals surface area contributed by atoms with Crippen LogP contribution in [0.5, 0.6) is 0 Å². The van der Waals surface area contributed by atoms with E-state index in [4.69, 9.17) is 5.11 Å². The molecule has 1 aromatic heterocycles. The van der Waals surface area contributed by atoms with Crippen molar-refractivity contribution in [2.24, 2.45) is 5.92 Å². The molecule has 1 amide bonds. The summed E-state index contributed by atoms with van der Waals surface area (Å²) >= 11 is 0. The summed E-state index contributed by atoms with van der Waals surface area (Å²) in [7, 11) is 0. The Morgan fingerprint density at radius 3 is 2.71 bits per heavy atom. The van der Waals surface area contributed by atoms with Gasteiger partial charge < -0.3 is 10.0 Å². The molecule has 0 radical (unpaired) electrons. The highest BCUT2D eigenvalue weighted by atomic mass is 16.4. The van der Waals surface area contributed by atoms with Crippen molar-refractivity contribution in [3.8, 4) is 0 Å². The van der Waals surface area contributed by atoms with Crippen LogP contribution >= 0.6 is 0 Å². The van der Waals surface area contributed by atoms with E-state index in [-0.39, 0.29) is 17.3 Å². The number of aromatic nitrogens is 2. The Bertz CT molecular complexity index is 518. The minimum Gasteiger partial charge on any atom is -0.477 e. The van der Waals surface area contributed by atoms with E-state index in [0.717, 1.165) is 12.8 Å². The molecule has 6 nitrogen and oxygen atoms in total. The lowest BCUT2D eigenvalue weighted by atomic mass is 9.89. The van der Waals surface area contributed by atoms with Gasteiger partial charge in [0.1, 0.15) is 5.69 Å². The third-order valence-corrected chi connectivity index (χ3v) is 3.87. The van der Waals surface area contributed by atoms with E-state index in [1.807, 2.05) is 0 Å². The van der Waals surface area contributed by atoms with Crippen molar-refractivity contribution in [2.75, 3.05) is 13.1 Å². The number of hydrogen-bond acceptors (Lipinski definition) is 3. The zero-order valence-corrected chi connectivity index (χ0v) is 12.0. The van der Waals surface area contributed by atoms with E-state index in [2.05, 4.69) is 16.8 Å². The second-order valence-corrected chi connectivity index (χ2v) is 5.47. The van der Waals surface area contributed by atoms with Crippen LogP contribution in [0.3, 0.4) is 0 Å². The Morgan fingerprint density at radius 2 is 2.14 bits per heavy atom. The standard InChI is InChI=1S/C15H21N3O3/c1-2-8-18(10-11-6-4-3-5-7-11)14(19)12-9-13(15(20)21)17-16-12/h2,9,11H,1,3-8,10H2,(H,16,17)(H,20,21). The maximum atomic E-state index is 12.4. The van der Waals surface area contributed by atoms with Crippen molar-refractivity contribution in [1.29, 1.82) is 0 Å². The molecule has 2 rings (SSSR count). The van der Waals surface area contributed by atoms with Crippen LogP contribution in [0.4, 0.5) is 0 Å². The van der Waals surface area contributed by atoms with E-state index < -0.39 is 5.97 Å². The van der Waals surface area contributed by atoms with Gasteiger partial charge >= 0.3 is 5.97 Å². The number of aromatic carboxylic acids is 1. The van der Waals surface area contributed by atoms with Crippen LogP contribution in [0.2, 0.25) is 0 Å². The van der Waals surface area contributed by atoms with Crippen LogP contribution in [0, 0.1) is 5.92 Å². The summed E-state index contributed by atoms with van der Waals surface area (Å²) in [4.78, 5) is 25.0. The fourth-order valence-electron chi connectivity index (χ4n) is 2.78. The number of nitrogens with one attached hydrogen (secondary N) is 1. The molecule has 1 aliphatic carbocycles. The molecule has 6 heteroatoms. The Morgan fingerprint density at radius 1 is 1.43 bits per heavy atom. The number of H-pyrrole nitrogens is 1. The predicted octanol–water partition coefficient (Wildman–Crippen LogP) is 2.32. The number of rotatable bonds is 6. The van der Waals surface area contributed by atoms with Crippen LogP contribution in [0.15, 0.2) is 18.7 Å². The fourth-order valence-corrected chi connectivity index (χ4v) is 2.78. The zero-order chi connectivity index (χ0) is 15.2. The molecule has 0 unspecified atom stereocenters. The van der Waals surface area contributed by atoms with Gasteiger partial charge in [-0.25, -0.2) is 4.79 Å². The molecule has 0 saturated heterocycles. The first-order chi connectivity index (χ1) is 10.1. The maximum Gasteiger partial charge on any atom is 0.353 e. The summed E-state index contributed by atoms with van der Waals surface area (Å²) in [6.45, 7) is 4.82. The summed E-state index contributed by atoms with van der Waals surface area (Å²) < 4.78 is 0. The van der Waals surface area contributed by atoms with Crippen molar-refractivity contribution in [1.82, 2.24) is 15.1 Å². The molecule has 114 valence electrons. The highest BCUT2D eigenvalue weighted by molar-refractivity contribution is 5.95. The third kappa shape index (κ3) is 3.93. The summed E-state index contributed by atoms with van der Waals surface area (Å²) in [6, 6.07) is 1.28. The summed E-state index contributed by atoms with van der Waals surface area (Å²) in [5.41, 5.74) is 0.0691. The minimum absolute atomic E-state index is 0.0745. The number of carbonyl (C=O) groups is 2. The maximum absolute atomic E-state index is 12.4. The molecule has 1 aliphatic rings. The Hall–Kier alpha value is -2.11. The normalized spacial score (nSPS) is 15.6.